The van der Waals surface area contributed by atoms with Crippen LogP contribution in [0.25, 0.3) is 10.4 Å². The van der Waals surface area contributed by atoms with Crippen LogP contribution in [0.15, 0.2) is 30.3 Å². The molecular formula is C26H34N2O3S. The highest BCUT2D eigenvalue weighted by Crippen LogP contribution is 2.38. The van der Waals surface area contributed by atoms with Crippen molar-refractivity contribution in [3.05, 3.63) is 40.8 Å². The van der Waals surface area contributed by atoms with E-state index in [0.29, 0.717) is 11.7 Å². The van der Waals surface area contributed by atoms with Crippen molar-refractivity contribution in [1.82, 2.24) is 9.80 Å². The zero-order chi connectivity index (χ0) is 21.9. The number of rotatable bonds is 5. The molecule has 0 unspecified atom stereocenters. The number of likely N-dealkylation sites (tertiary alicyclic amines) is 2. The molecule has 5 nitrogen and oxygen atoms in total. The third-order valence-corrected chi connectivity index (χ3v) is 8.56. The summed E-state index contributed by atoms with van der Waals surface area (Å²) in [7, 11) is 1.66. The predicted molar refractivity (Wildman–Crippen MR) is 129 cm³/mol. The summed E-state index contributed by atoms with van der Waals surface area (Å²) in [6.45, 7) is 5.95. The van der Waals surface area contributed by atoms with Crippen molar-refractivity contribution in [2.45, 2.75) is 50.5 Å². The fourth-order valence-corrected chi connectivity index (χ4v) is 6.55. The Morgan fingerprint density at radius 2 is 1.69 bits per heavy atom. The molecule has 1 amide bonds. The summed E-state index contributed by atoms with van der Waals surface area (Å²) < 4.78 is 11.1. The normalized spacial score (nSPS) is 21.2. The van der Waals surface area contributed by atoms with Gasteiger partial charge in [-0.05, 0) is 74.7 Å². The molecule has 2 aromatic rings. The third-order valence-electron chi connectivity index (χ3n) is 7.41. The van der Waals surface area contributed by atoms with Crippen LogP contribution in [0.2, 0.25) is 0 Å². The number of hydrogen-bond acceptors (Lipinski definition) is 5. The zero-order valence-electron chi connectivity index (χ0n) is 19.1. The molecule has 172 valence electrons. The number of nitrogens with zero attached hydrogens (tertiary/aromatic N) is 2. The first-order valence-corrected chi connectivity index (χ1v) is 12.9. The Labute approximate surface area is 195 Å². The monoisotopic (exact) mass is 454 g/mol. The maximum absolute atomic E-state index is 12.9. The van der Waals surface area contributed by atoms with Gasteiger partial charge in [-0.15, -0.1) is 11.3 Å². The molecular weight excluding hydrogens is 420 g/mol. The Kier molecular flexibility index (Phi) is 6.81. The molecule has 0 radical (unpaired) electrons. The topological polar surface area (TPSA) is 42.0 Å². The number of carbonyl (C=O) groups excluding carboxylic acids is 1. The van der Waals surface area contributed by atoms with Crippen molar-refractivity contribution in [1.29, 1.82) is 0 Å². The fraction of sp³-hybridized carbons (Fsp3) is 0.577. The molecule has 0 bridgehead atoms. The summed E-state index contributed by atoms with van der Waals surface area (Å²) >= 11 is 1.56. The van der Waals surface area contributed by atoms with E-state index in [1.807, 2.05) is 11.0 Å². The molecule has 0 N–H and O–H groups in total. The number of methoxy groups -OCH3 is 1. The van der Waals surface area contributed by atoms with Crippen molar-refractivity contribution in [3.8, 4) is 16.2 Å². The van der Waals surface area contributed by atoms with Gasteiger partial charge in [0.15, 0.2) is 0 Å². The Hall–Kier alpha value is -1.89. The minimum atomic E-state index is 0.114. The van der Waals surface area contributed by atoms with E-state index in [1.54, 1.807) is 18.4 Å². The number of carbonyl (C=O) groups is 1. The molecule has 3 aliphatic heterocycles. The average molecular weight is 455 g/mol. The number of piperidine rings is 1. The van der Waals surface area contributed by atoms with Gasteiger partial charge in [0.25, 0.3) is 5.91 Å². The Morgan fingerprint density at radius 1 is 1.00 bits per heavy atom. The molecule has 6 heteroatoms. The second-order valence-electron chi connectivity index (χ2n) is 9.28. The van der Waals surface area contributed by atoms with E-state index in [0.717, 1.165) is 60.5 Å². The molecule has 3 fully saturated rings. The maximum Gasteiger partial charge on any atom is 0.267 e. The van der Waals surface area contributed by atoms with Gasteiger partial charge < -0.3 is 19.3 Å². The Morgan fingerprint density at radius 3 is 2.34 bits per heavy atom. The fourth-order valence-electron chi connectivity index (χ4n) is 5.45. The highest BCUT2D eigenvalue weighted by Gasteiger charge is 2.28. The first-order valence-electron chi connectivity index (χ1n) is 12.1. The van der Waals surface area contributed by atoms with E-state index < -0.39 is 0 Å². The van der Waals surface area contributed by atoms with Crippen LogP contribution in [0.1, 0.15) is 59.7 Å². The van der Waals surface area contributed by atoms with Gasteiger partial charge in [0.2, 0.25) is 0 Å². The van der Waals surface area contributed by atoms with Crippen LogP contribution >= 0.6 is 11.3 Å². The predicted octanol–water partition coefficient (Wildman–Crippen LogP) is 5.02. The van der Waals surface area contributed by atoms with E-state index in [2.05, 4.69) is 29.2 Å². The maximum atomic E-state index is 12.9. The van der Waals surface area contributed by atoms with E-state index in [4.69, 9.17) is 9.47 Å². The molecule has 0 saturated carbocycles. The van der Waals surface area contributed by atoms with E-state index in [-0.39, 0.29) is 5.91 Å². The quantitative estimate of drug-likeness (QED) is 0.636. The molecule has 3 saturated heterocycles. The minimum absolute atomic E-state index is 0.114. The first kappa shape index (κ1) is 21.9. The summed E-state index contributed by atoms with van der Waals surface area (Å²) in [6, 6.07) is 11.8. The first-order chi connectivity index (χ1) is 15.7. The molecule has 0 aliphatic carbocycles. The highest BCUT2D eigenvalue weighted by molar-refractivity contribution is 7.17. The average Bonchev–Trinajstić information content (AvgIpc) is 3.55. The van der Waals surface area contributed by atoms with Crippen LogP contribution in [0.3, 0.4) is 0 Å². The third kappa shape index (κ3) is 4.59. The molecule has 3 aliphatic rings. The lowest BCUT2D eigenvalue weighted by atomic mass is 9.88. The smallest absolute Gasteiger partial charge is 0.267 e. The molecule has 1 aromatic heterocycles. The molecule has 32 heavy (non-hydrogen) atoms. The second-order valence-corrected chi connectivity index (χ2v) is 10.3. The van der Waals surface area contributed by atoms with Gasteiger partial charge in [0.1, 0.15) is 10.6 Å². The molecule has 0 atom stereocenters. The Balaban J connectivity index is 1.24. The standard InChI is InChI=1S/C26H34N2O3S/c1-30-23-18-24(32-25(23)26(29)28-12-2-3-13-28)21-6-4-19(5-7-21)20-8-14-27(15-9-20)22-10-16-31-17-11-22/h4-7,18,20,22H,2-3,8-17H2,1H3. The minimum Gasteiger partial charge on any atom is -0.495 e. The number of amides is 1. The lowest BCUT2D eigenvalue weighted by Gasteiger charge is -2.39. The van der Waals surface area contributed by atoms with E-state index >= 15 is 0 Å². The zero-order valence-corrected chi connectivity index (χ0v) is 19.9. The largest absolute Gasteiger partial charge is 0.495 e. The SMILES string of the molecule is COc1cc(-c2ccc(C3CCN(C4CCOCC4)CC3)cc2)sc1C(=O)N1CCCC1. The molecule has 4 heterocycles. The van der Waals surface area contributed by atoms with Crippen molar-refractivity contribution >= 4 is 17.2 Å². The van der Waals surface area contributed by atoms with Crippen LogP contribution in [0.5, 0.6) is 5.75 Å². The van der Waals surface area contributed by atoms with Crippen molar-refractivity contribution < 1.29 is 14.3 Å². The van der Waals surface area contributed by atoms with Crippen LogP contribution in [-0.2, 0) is 4.74 Å². The van der Waals surface area contributed by atoms with Crippen LogP contribution in [-0.4, -0.2) is 68.3 Å². The van der Waals surface area contributed by atoms with Gasteiger partial charge in [-0.3, -0.25) is 4.79 Å². The second kappa shape index (κ2) is 9.94. The van der Waals surface area contributed by atoms with Crippen LogP contribution in [0, 0.1) is 0 Å². The van der Waals surface area contributed by atoms with E-state index in [9.17, 15) is 4.79 Å². The van der Waals surface area contributed by atoms with Gasteiger partial charge in [-0.25, -0.2) is 0 Å². The summed E-state index contributed by atoms with van der Waals surface area (Å²) in [6.07, 6.45) is 7.04. The lowest BCUT2D eigenvalue weighted by molar-refractivity contribution is 0.0252. The number of hydrogen-bond donors (Lipinski definition) is 0. The van der Waals surface area contributed by atoms with Gasteiger partial charge in [0, 0.05) is 37.2 Å². The molecule has 0 spiro atoms. The molecule has 1 aromatic carbocycles. The van der Waals surface area contributed by atoms with Gasteiger partial charge >= 0.3 is 0 Å². The summed E-state index contributed by atoms with van der Waals surface area (Å²) in [4.78, 5) is 19.4. The summed E-state index contributed by atoms with van der Waals surface area (Å²) in [5, 5.41) is 0. The van der Waals surface area contributed by atoms with Crippen molar-refractivity contribution in [3.63, 3.8) is 0 Å². The summed E-state index contributed by atoms with van der Waals surface area (Å²) in [5.41, 5.74) is 2.61. The number of benzene rings is 1. The van der Waals surface area contributed by atoms with Gasteiger partial charge in [0.05, 0.1) is 7.11 Å². The van der Waals surface area contributed by atoms with Crippen LogP contribution in [0.4, 0.5) is 0 Å². The van der Waals surface area contributed by atoms with E-state index in [1.165, 1.54) is 44.3 Å². The summed E-state index contributed by atoms with van der Waals surface area (Å²) in [5.74, 6) is 1.46. The number of ether oxygens (including phenoxy) is 2. The highest BCUT2D eigenvalue weighted by atomic mass is 32.1. The molecule has 5 rings (SSSR count). The van der Waals surface area contributed by atoms with Gasteiger partial charge in [-0.2, -0.15) is 0 Å². The lowest BCUT2D eigenvalue weighted by Crippen LogP contribution is -2.43. The Bertz CT molecular complexity index is 906. The van der Waals surface area contributed by atoms with Crippen LogP contribution < -0.4 is 4.74 Å². The number of thiophene rings is 1. The van der Waals surface area contributed by atoms with Crippen molar-refractivity contribution in [2.24, 2.45) is 0 Å². The van der Waals surface area contributed by atoms with Gasteiger partial charge in [-0.1, -0.05) is 24.3 Å². The van der Waals surface area contributed by atoms with Crippen molar-refractivity contribution in [2.75, 3.05) is 46.5 Å².